The van der Waals surface area contributed by atoms with E-state index in [2.05, 4.69) is 28.8 Å². The number of hydrogen-bond acceptors (Lipinski definition) is 2. The van der Waals surface area contributed by atoms with Crippen molar-refractivity contribution in [1.29, 1.82) is 0 Å². The highest BCUT2D eigenvalue weighted by Crippen LogP contribution is 2.25. The second-order valence-electron chi connectivity index (χ2n) is 4.74. The van der Waals surface area contributed by atoms with E-state index in [9.17, 15) is 0 Å². The predicted octanol–water partition coefficient (Wildman–Crippen LogP) is 1.81. The fourth-order valence-electron chi connectivity index (χ4n) is 2.44. The molecule has 1 heterocycles. The third-order valence-electron chi connectivity index (χ3n) is 3.56. The van der Waals surface area contributed by atoms with Crippen molar-refractivity contribution in [2.45, 2.75) is 19.3 Å². The van der Waals surface area contributed by atoms with E-state index in [1.54, 1.807) is 11.1 Å². The average molecular weight is 202 g/mol. The number of fused-ring (bicyclic) bond motifs is 1. The van der Waals surface area contributed by atoms with E-state index in [-0.39, 0.29) is 0 Å². The monoisotopic (exact) mass is 202 g/mol. The van der Waals surface area contributed by atoms with Gasteiger partial charge in [0.1, 0.15) is 0 Å². The lowest BCUT2D eigenvalue weighted by molar-refractivity contribution is 0.365. The summed E-state index contributed by atoms with van der Waals surface area (Å²) in [5.41, 5.74) is 4.43. The summed E-state index contributed by atoms with van der Waals surface area (Å²) in [5, 5.41) is 6.84. The molecule has 1 fully saturated rings. The second kappa shape index (κ2) is 3.86. The van der Waals surface area contributed by atoms with E-state index < -0.39 is 0 Å². The standard InChI is InChI=1S/C13H18N2/c1-2-11-4-5-13(6-12(11)3-1)15-9-10-7-14-8-10/h4-6,10,14-15H,1-3,7-9H2. The maximum Gasteiger partial charge on any atom is 0.0343 e. The molecular formula is C13H18N2. The quantitative estimate of drug-likeness (QED) is 0.781. The molecule has 2 aliphatic rings. The van der Waals surface area contributed by atoms with Crippen LogP contribution in [0.3, 0.4) is 0 Å². The lowest BCUT2D eigenvalue weighted by Gasteiger charge is -2.27. The van der Waals surface area contributed by atoms with Gasteiger partial charge in [-0.25, -0.2) is 0 Å². The first-order chi connectivity index (χ1) is 7.42. The summed E-state index contributed by atoms with van der Waals surface area (Å²) in [6.45, 7) is 3.47. The molecule has 0 unspecified atom stereocenters. The molecular weight excluding hydrogens is 184 g/mol. The zero-order chi connectivity index (χ0) is 10.1. The average Bonchev–Trinajstić information content (AvgIpc) is 2.62. The highest BCUT2D eigenvalue weighted by molar-refractivity contribution is 5.50. The first-order valence-corrected chi connectivity index (χ1v) is 5.98. The van der Waals surface area contributed by atoms with Crippen LogP contribution in [0.4, 0.5) is 5.69 Å². The van der Waals surface area contributed by atoms with Gasteiger partial charge in [0.15, 0.2) is 0 Å². The normalized spacial score (nSPS) is 19.7. The molecule has 1 saturated heterocycles. The van der Waals surface area contributed by atoms with Crippen LogP contribution in [-0.4, -0.2) is 19.6 Å². The van der Waals surface area contributed by atoms with Crippen molar-refractivity contribution < 1.29 is 0 Å². The Hall–Kier alpha value is -1.02. The molecule has 0 bridgehead atoms. The smallest absolute Gasteiger partial charge is 0.0343 e. The summed E-state index contributed by atoms with van der Waals surface area (Å²) < 4.78 is 0. The largest absolute Gasteiger partial charge is 0.385 e. The number of benzene rings is 1. The Kier molecular flexibility index (Phi) is 2.37. The summed E-state index contributed by atoms with van der Waals surface area (Å²) in [6, 6.07) is 6.87. The van der Waals surface area contributed by atoms with Crippen LogP contribution in [0.5, 0.6) is 0 Å². The van der Waals surface area contributed by atoms with Gasteiger partial charge in [0, 0.05) is 31.2 Å². The molecule has 1 aliphatic heterocycles. The van der Waals surface area contributed by atoms with Crippen molar-refractivity contribution >= 4 is 5.69 Å². The Balaban J connectivity index is 1.64. The number of rotatable bonds is 3. The lowest BCUT2D eigenvalue weighted by atomic mass is 10.0. The Labute approximate surface area is 91.1 Å². The third-order valence-corrected chi connectivity index (χ3v) is 3.56. The van der Waals surface area contributed by atoms with Crippen LogP contribution in [0.1, 0.15) is 17.5 Å². The Bertz CT molecular complexity index is 356. The third kappa shape index (κ3) is 1.86. The highest BCUT2D eigenvalue weighted by Gasteiger charge is 2.16. The SMILES string of the molecule is c1cc2c(cc1NCC1CNC1)CCC2. The van der Waals surface area contributed by atoms with Gasteiger partial charge in [0.2, 0.25) is 0 Å². The molecule has 0 radical (unpaired) electrons. The van der Waals surface area contributed by atoms with E-state index in [1.807, 2.05) is 0 Å². The van der Waals surface area contributed by atoms with Crippen molar-refractivity contribution in [3.8, 4) is 0 Å². The molecule has 0 atom stereocenters. The van der Waals surface area contributed by atoms with Gasteiger partial charge in [0.25, 0.3) is 0 Å². The number of aryl methyl sites for hydroxylation is 2. The molecule has 0 aromatic heterocycles. The fraction of sp³-hybridized carbons (Fsp3) is 0.538. The van der Waals surface area contributed by atoms with Gasteiger partial charge in [0.05, 0.1) is 0 Å². The number of hydrogen-bond donors (Lipinski definition) is 2. The Morgan fingerprint density at radius 1 is 1.20 bits per heavy atom. The second-order valence-corrected chi connectivity index (χ2v) is 4.74. The Morgan fingerprint density at radius 3 is 2.87 bits per heavy atom. The van der Waals surface area contributed by atoms with Crippen LogP contribution >= 0.6 is 0 Å². The molecule has 80 valence electrons. The van der Waals surface area contributed by atoms with E-state index in [0.717, 1.165) is 12.5 Å². The van der Waals surface area contributed by atoms with Crippen LogP contribution in [0, 0.1) is 5.92 Å². The van der Waals surface area contributed by atoms with Gasteiger partial charge >= 0.3 is 0 Å². The number of anilines is 1. The summed E-state index contributed by atoms with van der Waals surface area (Å²) in [7, 11) is 0. The van der Waals surface area contributed by atoms with Crippen molar-refractivity contribution in [3.63, 3.8) is 0 Å². The molecule has 0 saturated carbocycles. The summed E-state index contributed by atoms with van der Waals surface area (Å²) in [4.78, 5) is 0. The molecule has 3 rings (SSSR count). The molecule has 2 nitrogen and oxygen atoms in total. The molecule has 2 N–H and O–H groups in total. The van der Waals surface area contributed by atoms with Crippen molar-refractivity contribution in [3.05, 3.63) is 29.3 Å². The van der Waals surface area contributed by atoms with Crippen LogP contribution < -0.4 is 10.6 Å². The molecule has 2 heteroatoms. The van der Waals surface area contributed by atoms with Crippen LogP contribution in [0.2, 0.25) is 0 Å². The molecule has 15 heavy (non-hydrogen) atoms. The molecule has 0 amide bonds. The first kappa shape index (κ1) is 9.22. The van der Waals surface area contributed by atoms with Gasteiger partial charge in [-0.2, -0.15) is 0 Å². The van der Waals surface area contributed by atoms with E-state index in [4.69, 9.17) is 0 Å². The van der Waals surface area contributed by atoms with Crippen LogP contribution in [0.15, 0.2) is 18.2 Å². The zero-order valence-electron chi connectivity index (χ0n) is 9.05. The van der Waals surface area contributed by atoms with Crippen molar-refractivity contribution in [2.75, 3.05) is 25.0 Å². The van der Waals surface area contributed by atoms with Gasteiger partial charge in [-0.15, -0.1) is 0 Å². The molecule has 1 aromatic carbocycles. The minimum absolute atomic E-state index is 0.832. The van der Waals surface area contributed by atoms with Gasteiger partial charge in [-0.3, -0.25) is 0 Å². The summed E-state index contributed by atoms with van der Waals surface area (Å²) in [5.74, 6) is 0.832. The van der Waals surface area contributed by atoms with Gasteiger partial charge in [-0.05, 0) is 42.5 Å². The fourth-order valence-corrected chi connectivity index (χ4v) is 2.44. The van der Waals surface area contributed by atoms with Crippen LogP contribution in [0.25, 0.3) is 0 Å². The first-order valence-electron chi connectivity index (χ1n) is 5.98. The van der Waals surface area contributed by atoms with E-state index in [1.165, 1.54) is 38.0 Å². The molecule has 0 spiro atoms. The lowest BCUT2D eigenvalue weighted by Crippen LogP contribution is -2.45. The van der Waals surface area contributed by atoms with Crippen LogP contribution in [-0.2, 0) is 12.8 Å². The zero-order valence-corrected chi connectivity index (χ0v) is 9.05. The minimum atomic E-state index is 0.832. The van der Waals surface area contributed by atoms with Crippen molar-refractivity contribution in [2.24, 2.45) is 5.92 Å². The summed E-state index contributed by atoms with van der Waals surface area (Å²) >= 11 is 0. The van der Waals surface area contributed by atoms with Gasteiger partial charge in [-0.1, -0.05) is 6.07 Å². The number of nitrogens with one attached hydrogen (secondary N) is 2. The topological polar surface area (TPSA) is 24.1 Å². The molecule has 1 aromatic rings. The Morgan fingerprint density at radius 2 is 2.07 bits per heavy atom. The molecule has 1 aliphatic carbocycles. The van der Waals surface area contributed by atoms with Crippen molar-refractivity contribution in [1.82, 2.24) is 5.32 Å². The summed E-state index contributed by atoms with van der Waals surface area (Å²) in [6.07, 6.45) is 3.89. The van der Waals surface area contributed by atoms with E-state index in [0.29, 0.717) is 0 Å². The van der Waals surface area contributed by atoms with E-state index >= 15 is 0 Å². The predicted molar refractivity (Wildman–Crippen MR) is 63.3 cm³/mol. The highest BCUT2D eigenvalue weighted by atomic mass is 15.0. The maximum atomic E-state index is 3.54. The van der Waals surface area contributed by atoms with Gasteiger partial charge < -0.3 is 10.6 Å². The maximum absolute atomic E-state index is 3.54. The minimum Gasteiger partial charge on any atom is -0.385 e.